The summed E-state index contributed by atoms with van der Waals surface area (Å²) in [5, 5.41) is 9.99. The highest BCUT2D eigenvalue weighted by molar-refractivity contribution is 5.95. The van der Waals surface area contributed by atoms with E-state index in [-0.39, 0.29) is 31.3 Å². The summed E-state index contributed by atoms with van der Waals surface area (Å²) in [5.74, 6) is -4.06. The molecule has 1 aliphatic rings. The van der Waals surface area contributed by atoms with Gasteiger partial charge in [0.05, 0.1) is 0 Å². The number of amides is 6. The van der Waals surface area contributed by atoms with Gasteiger partial charge in [0.15, 0.2) is 0 Å². The molecule has 4 atom stereocenters. The highest BCUT2D eigenvalue weighted by Gasteiger charge is 2.32. The van der Waals surface area contributed by atoms with Gasteiger partial charge in [-0.1, -0.05) is 62.4 Å². The maximum atomic E-state index is 13.0. The van der Waals surface area contributed by atoms with Crippen LogP contribution in [-0.4, -0.2) is 66.4 Å². The number of benzene rings is 2. The minimum absolute atomic E-state index is 0.0737. The normalized spacial score (nSPS) is 14.7. The second-order valence-corrected chi connectivity index (χ2v) is 11.1. The Morgan fingerprint density at radius 1 is 0.727 bits per heavy atom. The fourth-order valence-electron chi connectivity index (χ4n) is 4.93. The lowest BCUT2D eigenvalue weighted by Gasteiger charge is -2.26. The SMILES string of the molecule is CC(C)[C@H](NC(=O)[C@H](C)NC(=O)OCC1c2ccccc2-c2ccccc21)C(=O)N[C@@H](C)C(=O)N[C@@H](CCC(N)=O)C(N)=O. The first kappa shape index (κ1) is 33.6. The van der Waals surface area contributed by atoms with Crippen LogP contribution in [-0.2, 0) is 28.7 Å². The first-order chi connectivity index (χ1) is 20.8. The number of nitrogens with one attached hydrogen (secondary N) is 4. The van der Waals surface area contributed by atoms with Crippen molar-refractivity contribution in [2.45, 2.75) is 70.6 Å². The molecule has 2 aromatic rings. The number of carbonyl (C=O) groups is 6. The Kier molecular flexibility index (Phi) is 11.4. The van der Waals surface area contributed by atoms with Crippen LogP contribution in [0, 0.1) is 5.92 Å². The number of hydrogen-bond donors (Lipinski definition) is 6. The number of nitrogens with two attached hydrogens (primary N) is 2. The van der Waals surface area contributed by atoms with Crippen LogP contribution in [0.25, 0.3) is 11.1 Å². The fraction of sp³-hybridized carbons (Fsp3) is 0.419. The van der Waals surface area contributed by atoms with Crippen LogP contribution in [0.1, 0.15) is 57.6 Å². The Balaban J connectivity index is 1.53. The summed E-state index contributed by atoms with van der Waals surface area (Å²) in [6.45, 7) is 6.32. The molecule has 13 heteroatoms. The van der Waals surface area contributed by atoms with Gasteiger partial charge in [-0.3, -0.25) is 24.0 Å². The molecule has 0 radical (unpaired) electrons. The van der Waals surface area contributed by atoms with Crippen molar-refractivity contribution in [1.29, 1.82) is 0 Å². The number of ether oxygens (including phenoxy) is 1. The van der Waals surface area contributed by atoms with Crippen LogP contribution in [0.15, 0.2) is 48.5 Å². The van der Waals surface area contributed by atoms with Gasteiger partial charge in [-0.25, -0.2) is 4.79 Å². The summed E-state index contributed by atoms with van der Waals surface area (Å²) >= 11 is 0. The van der Waals surface area contributed by atoms with E-state index in [9.17, 15) is 28.8 Å². The van der Waals surface area contributed by atoms with Crippen molar-refractivity contribution in [3.05, 3.63) is 59.7 Å². The predicted molar refractivity (Wildman–Crippen MR) is 162 cm³/mol. The van der Waals surface area contributed by atoms with Gasteiger partial charge in [-0.15, -0.1) is 0 Å². The Bertz CT molecular complexity index is 1370. The summed E-state index contributed by atoms with van der Waals surface area (Å²) in [6, 6.07) is 11.5. The number of primary amides is 2. The van der Waals surface area contributed by atoms with Gasteiger partial charge in [0, 0.05) is 12.3 Å². The molecule has 13 nitrogen and oxygen atoms in total. The van der Waals surface area contributed by atoms with Crippen LogP contribution in [0.3, 0.4) is 0 Å². The summed E-state index contributed by atoms with van der Waals surface area (Å²) in [7, 11) is 0. The fourth-order valence-corrected chi connectivity index (χ4v) is 4.93. The van der Waals surface area contributed by atoms with Gasteiger partial charge >= 0.3 is 6.09 Å². The Hall–Kier alpha value is -4.94. The van der Waals surface area contributed by atoms with Gasteiger partial charge in [-0.05, 0) is 48.4 Å². The lowest BCUT2D eigenvalue weighted by Crippen LogP contribution is -2.58. The predicted octanol–water partition coefficient (Wildman–Crippen LogP) is 0.795. The maximum Gasteiger partial charge on any atom is 0.407 e. The minimum Gasteiger partial charge on any atom is -0.449 e. The molecule has 0 aliphatic heterocycles. The third-order valence-corrected chi connectivity index (χ3v) is 7.41. The molecule has 8 N–H and O–H groups in total. The van der Waals surface area contributed by atoms with E-state index in [0.717, 1.165) is 22.3 Å². The zero-order valence-corrected chi connectivity index (χ0v) is 25.2. The van der Waals surface area contributed by atoms with Gasteiger partial charge in [0.2, 0.25) is 29.5 Å². The van der Waals surface area contributed by atoms with Crippen LogP contribution in [0.4, 0.5) is 4.79 Å². The monoisotopic (exact) mass is 608 g/mol. The van der Waals surface area contributed by atoms with E-state index in [0.29, 0.717) is 0 Å². The second-order valence-electron chi connectivity index (χ2n) is 11.1. The van der Waals surface area contributed by atoms with E-state index < -0.39 is 59.8 Å². The van der Waals surface area contributed by atoms with Crippen molar-refractivity contribution in [1.82, 2.24) is 21.3 Å². The average Bonchev–Trinajstić information content (AvgIpc) is 3.29. The molecule has 0 spiro atoms. The maximum absolute atomic E-state index is 13.0. The lowest BCUT2D eigenvalue weighted by atomic mass is 9.98. The van der Waals surface area contributed by atoms with E-state index in [1.165, 1.54) is 13.8 Å². The first-order valence-corrected chi connectivity index (χ1v) is 14.4. The number of hydrogen-bond acceptors (Lipinski definition) is 7. The first-order valence-electron chi connectivity index (χ1n) is 14.4. The Morgan fingerprint density at radius 2 is 1.25 bits per heavy atom. The summed E-state index contributed by atoms with van der Waals surface area (Å²) in [6.07, 6.45) is -1.04. The molecule has 3 rings (SSSR count). The molecule has 2 aromatic carbocycles. The highest BCUT2D eigenvalue weighted by Crippen LogP contribution is 2.44. The van der Waals surface area contributed by atoms with E-state index in [2.05, 4.69) is 21.3 Å². The molecule has 1 aliphatic carbocycles. The van der Waals surface area contributed by atoms with Crippen LogP contribution < -0.4 is 32.7 Å². The summed E-state index contributed by atoms with van der Waals surface area (Å²) in [5.41, 5.74) is 14.7. The molecular weight excluding hydrogens is 568 g/mol. The topological polar surface area (TPSA) is 212 Å². The molecular formula is C31H40N6O7. The van der Waals surface area contributed by atoms with Crippen molar-refractivity contribution < 1.29 is 33.5 Å². The van der Waals surface area contributed by atoms with Gasteiger partial charge in [-0.2, -0.15) is 0 Å². The number of fused-ring (bicyclic) bond motifs is 3. The van der Waals surface area contributed by atoms with E-state index in [1.54, 1.807) is 13.8 Å². The third-order valence-electron chi connectivity index (χ3n) is 7.41. The Morgan fingerprint density at radius 3 is 1.77 bits per heavy atom. The molecule has 6 amide bonds. The molecule has 0 unspecified atom stereocenters. The third kappa shape index (κ3) is 8.55. The molecule has 0 bridgehead atoms. The largest absolute Gasteiger partial charge is 0.449 e. The summed E-state index contributed by atoms with van der Waals surface area (Å²) in [4.78, 5) is 73.8. The lowest BCUT2D eigenvalue weighted by molar-refractivity contribution is -0.134. The zero-order chi connectivity index (χ0) is 32.6. The Labute approximate surface area is 255 Å². The van der Waals surface area contributed by atoms with Gasteiger partial charge in [0.1, 0.15) is 30.8 Å². The smallest absolute Gasteiger partial charge is 0.407 e. The van der Waals surface area contributed by atoms with Crippen molar-refractivity contribution in [2.75, 3.05) is 6.61 Å². The van der Waals surface area contributed by atoms with Crippen molar-refractivity contribution in [3.8, 4) is 11.1 Å². The summed E-state index contributed by atoms with van der Waals surface area (Å²) < 4.78 is 5.51. The number of alkyl carbamates (subject to hydrolysis) is 1. The number of carbonyl (C=O) groups excluding carboxylic acids is 6. The molecule has 0 fully saturated rings. The molecule has 0 aromatic heterocycles. The minimum atomic E-state index is -1.15. The van der Waals surface area contributed by atoms with Gasteiger partial charge < -0.3 is 37.5 Å². The molecule has 0 heterocycles. The van der Waals surface area contributed by atoms with Crippen LogP contribution in [0.2, 0.25) is 0 Å². The van der Waals surface area contributed by atoms with Gasteiger partial charge in [0.25, 0.3) is 0 Å². The van der Waals surface area contributed by atoms with Crippen LogP contribution in [0.5, 0.6) is 0 Å². The quantitative estimate of drug-likeness (QED) is 0.181. The molecule has 236 valence electrons. The van der Waals surface area contributed by atoms with Crippen molar-refractivity contribution >= 4 is 35.6 Å². The zero-order valence-electron chi connectivity index (χ0n) is 25.2. The van der Waals surface area contributed by atoms with Crippen LogP contribution >= 0.6 is 0 Å². The number of rotatable bonds is 14. The highest BCUT2D eigenvalue weighted by atomic mass is 16.5. The van der Waals surface area contributed by atoms with Crippen molar-refractivity contribution in [3.63, 3.8) is 0 Å². The van der Waals surface area contributed by atoms with Crippen molar-refractivity contribution in [2.24, 2.45) is 17.4 Å². The average molecular weight is 609 g/mol. The molecule has 44 heavy (non-hydrogen) atoms. The second kappa shape index (κ2) is 15.0. The van der Waals surface area contributed by atoms with E-state index in [4.69, 9.17) is 16.2 Å². The van der Waals surface area contributed by atoms with E-state index in [1.807, 2.05) is 48.5 Å². The molecule has 0 saturated carbocycles. The standard InChI is InChI=1S/C31H40N6O7/c1-16(2)26(30(42)34-17(3)28(40)36-24(27(33)39)13-14-25(32)38)37-29(41)18(4)35-31(43)44-15-23-21-11-7-5-9-19(21)20-10-6-8-12-22(20)23/h5-12,16-18,23-24,26H,13-15H2,1-4H3,(H2,32,38)(H2,33,39)(H,34,42)(H,35,43)(H,36,40)(H,37,41)/t17-,18-,24-,26-/m0/s1. The molecule has 0 saturated heterocycles. The van der Waals surface area contributed by atoms with E-state index >= 15 is 0 Å².